The van der Waals surface area contributed by atoms with E-state index in [0.717, 1.165) is 16.7 Å². The zero-order valence-electron chi connectivity index (χ0n) is 19.3. The van der Waals surface area contributed by atoms with E-state index in [1.165, 1.54) is 4.31 Å². The summed E-state index contributed by atoms with van der Waals surface area (Å²) in [5.41, 5.74) is 4.52. The van der Waals surface area contributed by atoms with Crippen LogP contribution in [0.2, 0.25) is 0 Å². The van der Waals surface area contributed by atoms with Crippen molar-refractivity contribution >= 4 is 21.9 Å². The van der Waals surface area contributed by atoms with Crippen LogP contribution in [0, 0.1) is 20.8 Å². The molecule has 8 nitrogen and oxygen atoms in total. The molecule has 2 heterocycles. The van der Waals surface area contributed by atoms with E-state index in [1.54, 1.807) is 31.1 Å². The van der Waals surface area contributed by atoms with Crippen LogP contribution >= 0.6 is 0 Å². The number of morpholine rings is 1. The van der Waals surface area contributed by atoms with E-state index < -0.39 is 16.3 Å². The monoisotopic (exact) mass is 472 g/mol. The highest BCUT2D eigenvalue weighted by atomic mass is 32.2. The zero-order chi connectivity index (χ0) is 23.9. The molecule has 2 aliphatic heterocycles. The van der Waals surface area contributed by atoms with Crippen molar-refractivity contribution in [3.8, 4) is 11.5 Å². The number of nitrogens with zero attached hydrogens (tertiary/aromatic N) is 2. The maximum Gasteiger partial charge on any atom is 0.385 e. The van der Waals surface area contributed by atoms with E-state index in [0.29, 0.717) is 35.8 Å². The van der Waals surface area contributed by atoms with Gasteiger partial charge in [-0.05, 0) is 55.2 Å². The highest BCUT2D eigenvalue weighted by molar-refractivity contribution is 7.84. The lowest BCUT2D eigenvalue weighted by molar-refractivity contribution is -0.119. The van der Waals surface area contributed by atoms with Crippen LogP contribution in [0.15, 0.2) is 42.5 Å². The summed E-state index contributed by atoms with van der Waals surface area (Å²) in [6.45, 7) is 10.8. The van der Waals surface area contributed by atoms with Gasteiger partial charge in [0.25, 0.3) is 5.91 Å². The Labute approximate surface area is 194 Å². The highest BCUT2D eigenvalue weighted by Gasteiger charge is 2.43. The maximum absolute atomic E-state index is 12.8. The Bertz CT molecular complexity index is 1220. The van der Waals surface area contributed by atoms with Gasteiger partial charge in [-0.3, -0.25) is 9.69 Å². The van der Waals surface area contributed by atoms with E-state index in [9.17, 15) is 13.2 Å². The van der Waals surface area contributed by atoms with Crippen LogP contribution in [0.25, 0.3) is 0 Å². The summed E-state index contributed by atoms with van der Waals surface area (Å²) >= 11 is 0. The topological polar surface area (TPSA) is 85.4 Å². The number of hydrogen-bond donors (Lipinski definition) is 0. The van der Waals surface area contributed by atoms with Gasteiger partial charge in [-0.25, -0.2) is 0 Å². The van der Waals surface area contributed by atoms with Gasteiger partial charge in [0.2, 0.25) is 0 Å². The third-order valence-electron chi connectivity index (χ3n) is 6.19. The van der Waals surface area contributed by atoms with Crippen LogP contribution in [-0.2, 0) is 19.8 Å². The largest absolute Gasteiger partial charge is 0.496 e. The van der Waals surface area contributed by atoms with Crippen LogP contribution in [0.4, 0.5) is 5.69 Å². The molecular formula is C24H28N2O6S. The lowest BCUT2D eigenvalue weighted by Gasteiger charge is -2.43. The third kappa shape index (κ3) is 4.23. The molecule has 33 heavy (non-hydrogen) atoms. The number of hydrogen-bond acceptors (Lipinski definition) is 6. The molecule has 1 atom stereocenters. The molecular weight excluding hydrogens is 444 g/mol. The molecule has 2 aliphatic rings. The van der Waals surface area contributed by atoms with E-state index in [2.05, 4.69) is 6.58 Å². The quantitative estimate of drug-likeness (QED) is 0.474. The molecule has 0 aromatic heterocycles. The zero-order valence-corrected chi connectivity index (χ0v) is 20.1. The molecule has 9 heteroatoms. The fourth-order valence-electron chi connectivity index (χ4n) is 4.07. The molecule has 0 radical (unpaired) electrons. The fraction of sp³-hybridized carbons (Fsp3) is 0.375. The van der Waals surface area contributed by atoms with Crippen LogP contribution in [0.5, 0.6) is 11.5 Å². The standard InChI is InChI=1S/C24H28N2O6S/c1-15-6-7-19(13-21(15)32-33(28,29)25-8-10-31-11-9-25)23-18(4)24(27)26(23)20-12-16(2)17(3)22(14-20)30-5/h6-7,12-14,23H,4,8-11H2,1-3,5H3/t23-/m1/s1. The van der Waals surface area contributed by atoms with Crippen molar-refractivity contribution in [3.05, 3.63) is 64.7 Å². The van der Waals surface area contributed by atoms with E-state index in [-0.39, 0.29) is 24.7 Å². The molecule has 0 unspecified atom stereocenters. The summed E-state index contributed by atoms with van der Waals surface area (Å²) in [6, 6.07) is 8.64. The first kappa shape index (κ1) is 23.3. The maximum atomic E-state index is 12.8. The minimum atomic E-state index is -3.97. The Morgan fingerprint density at radius 1 is 1.03 bits per heavy atom. The number of anilines is 1. The van der Waals surface area contributed by atoms with Crippen molar-refractivity contribution in [3.63, 3.8) is 0 Å². The highest BCUT2D eigenvalue weighted by Crippen LogP contribution is 2.45. The minimum Gasteiger partial charge on any atom is -0.496 e. The van der Waals surface area contributed by atoms with Gasteiger partial charge in [-0.1, -0.05) is 18.7 Å². The predicted molar refractivity (Wildman–Crippen MR) is 125 cm³/mol. The second-order valence-electron chi connectivity index (χ2n) is 8.27. The smallest absolute Gasteiger partial charge is 0.385 e. The summed E-state index contributed by atoms with van der Waals surface area (Å²) in [5.74, 6) is 0.733. The minimum absolute atomic E-state index is 0.186. The van der Waals surface area contributed by atoms with Crippen LogP contribution < -0.4 is 13.8 Å². The number of carbonyl (C=O) groups excluding carboxylic acids is 1. The molecule has 4 rings (SSSR count). The molecule has 2 fully saturated rings. The average molecular weight is 473 g/mol. The summed E-state index contributed by atoms with van der Waals surface area (Å²) in [6.07, 6.45) is 0. The second-order valence-corrected chi connectivity index (χ2v) is 9.81. The van der Waals surface area contributed by atoms with Crippen molar-refractivity contribution in [2.24, 2.45) is 0 Å². The number of benzene rings is 2. The first-order valence-electron chi connectivity index (χ1n) is 10.7. The SMILES string of the molecule is C=C1C(=O)N(c2cc(C)c(C)c(OC)c2)[C@H]1c1ccc(C)c(OS(=O)(=O)N2CCOCC2)c1. The molecule has 0 spiro atoms. The average Bonchev–Trinajstić information content (AvgIpc) is 2.80. The Morgan fingerprint density at radius 2 is 1.73 bits per heavy atom. The number of amides is 1. The van der Waals surface area contributed by atoms with Crippen LogP contribution in [0.3, 0.4) is 0 Å². The van der Waals surface area contributed by atoms with Crippen molar-refractivity contribution < 1.29 is 26.9 Å². The predicted octanol–water partition coefficient (Wildman–Crippen LogP) is 3.22. The van der Waals surface area contributed by atoms with Gasteiger partial charge < -0.3 is 13.7 Å². The summed E-state index contributed by atoms with van der Waals surface area (Å²) in [4.78, 5) is 14.4. The lowest BCUT2D eigenvalue weighted by atomic mass is 9.87. The summed E-state index contributed by atoms with van der Waals surface area (Å²) in [5, 5.41) is 0. The molecule has 176 valence electrons. The number of carbonyl (C=O) groups is 1. The van der Waals surface area contributed by atoms with Gasteiger partial charge in [0.1, 0.15) is 11.5 Å². The number of aryl methyl sites for hydroxylation is 2. The van der Waals surface area contributed by atoms with Crippen molar-refractivity contribution in [2.75, 3.05) is 38.3 Å². The van der Waals surface area contributed by atoms with E-state index >= 15 is 0 Å². The van der Waals surface area contributed by atoms with Gasteiger partial charge in [0, 0.05) is 30.4 Å². The first-order valence-corrected chi connectivity index (χ1v) is 12.1. The van der Waals surface area contributed by atoms with Gasteiger partial charge >= 0.3 is 10.3 Å². The Hall–Kier alpha value is -2.88. The molecule has 1 amide bonds. The number of rotatable bonds is 6. The molecule has 2 aromatic carbocycles. The lowest BCUT2D eigenvalue weighted by Crippen LogP contribution is -2.49. The number of β-lactam (4-membered cyclic amide) rings is 1. The molecule has 0 aliphatic carbocycles. The number of ether oxygens (including phenoxy) is 2. The summed E-state index contributed by atoms with van der Waals surface area (Å²) < 4.78 is 43.0. The second kappa shape index (κ2) is 8.81. The Morgan fingerprint density at radius 3 is 2.39 bits per heavy atom. The van der Waals surface area contributed by atoms with Crippen LogP contribution in [0.1, 0.15) is 28.3 Å². The van der Waals surface area contributed by atoms with Gasteiger partial charge in [0.15, 0.2) is 0 Å². The van der Waals surface area contributed by atoms with Gasteiger partial charge in [-0.15, -0.1) is 0 Å². The van der Waals surface area contributed by atoms with Crippen molar-refractivity contribution in [1.29, 1.82) is 0 Å². The van der Waals surface area contributed by atoms with Crippen molar-refractivity contribution in [1.82, 2.24) is 4.31 Å². The van der Waals surface area contributed by atoms with Crippen LogP contribution in [-0.4, -0.2) is 52.0 Å². The first-order chi connectivity index (χ1) is 15.6. The van der Waals surface area contributed by atoms with Gasteiger partial charge in [-0.2, -0.15) is 12.7 Å². The third-order valence-corrected chi connectivity index (χ3v) is 7.58. The van der Waals surface area contributed by atoms with Gasteiger partial charge in [0.05, 0.1) is 26.4 Å². The summed E-state index contributed by atoms with van der Waals surface area (Å²) in [7, 11) is -2.37. The van der Waals surface area contributed by atoms with E-state index in [1.807, 2.05) is 32.0 Å². The molecule has 0 saturated carbocycles. The van der Waals surface area contributed by atoms with Crippen molar-refractivity contribution in [2.45, 2.75) is 26.8 Å². The molecule has 0 N–H and O–H groups in total. The fourth-order valence-corrected chi connectivity index (χ4v) is 5.18. The number of methoxy groups -OCH3 is 1. The molecule has 0 bridgehead atoms. The Balaban J connectivity index is 1.67. The van der Waals surface area contributed by atoms with E-state index in [4.69, 9.17) is 13.7 Å². The molecule has 2 saturated heterocycles. The Kier molecular flexibility index (Phi) is 6.22. The molecule has 2 aromatic rings. The normalized spacial score (nSPS) is 19.4.